The van der Waals surface area contributed by atoms with E-state index >= 15 is 0 Å². The summed E-state index contributed by atoms with van der Waals surface area (Å²) in [7, 11) is 4.58. The lowest BCUT2D eigenvalue weighted by Crippen LogP contribution is -1.99. The summed E-state index contributed by atoms with van der Waals surface area (Å²) in [5, 5.41) is 22.4. The van der Waals surface area contributed by atoms with Crippen molar-refractivity contribution in [2.45, 2.75) is 0 Å². The van der Waals surface area contributed by atoms with Crippen molar-refractivity contribution in [2.24, 2.45) is 5.16 Å². The molecule has 2 N–H and O–H groups in total. The van der Waals surface area contributed by atoms with E-state index in [1.54, 1.807) is 62.8 Å². The number of hydrogen-bond acceptors (Lipinski definition) is 6. The predicted octanol–water partition coefficient (Wildman–Crippen LogP) is 3.31. The maximum absolute atomic E-state index is 9.80. The molecule has 2 rings (SSSR count). The number of phenolic OH excluding ortho intramolecular Hbond substituents is 1. The number of phenols is 1. The van der Waals surface area contributed by atoms with Crippen molar-refractivity contribution in [2.75, 3.05) is 21.3 Å². The smallest absolute Gasteiger partial charge is 0.160 e. The molecule has 0 aromatic heterocycles. The van der Waals surface area contributed by atoms with Crippen molar-refractivity contribution in [3.8, 4) is 23.0 Å². The van der Waals surface area contributed by atoms with Crippen LogP contribution < -0.4 is 14.2 Å². The van der Waals surface area contributed by atoms with Crippen LogP contribution in [-0.4, -0.2) is 37.4 Å². The highest BCUT2D eigenvalue weighted by atomic mass is 16.5. The Morgan fingerprint density at radius 2 is 1.62 bits per heavy atom. The number of aromatic hydroxyl groups is 1. The maximum Gasteiger partial charge on any atom is 0.160 e. The van der Waals surface area contributed by atoms with Gasteiger partial charge in [-0.1, -0.05) is 17.3 Å². The Morgan fingerprint density at radius 3 is 2.12 bits per heavy atom. The van der Waals surface area contributed by atoms with Crippen LogP contribution >= 0.6 is 0 Å². The molecule has 6 heteroatoms. The van der Waals surface area contributed by atoms with Gasteiger partial charge in [0.2, 0.25) is 0 Å². The first-order chi connectivity index (χ1) is 11.6. The highest BCUT2D eigenvalue weighted by Gasteiger charge is 2.07. The average Bonchev–Trinajstić information content (AvgIpc) is 2.62. The summed E-state index contributed by atoms with van der Waals surface area (Å²) in [6, 6.07) is 10.2. The fourth-order valence-electron chi connectivity index (χ4n) is 2.13. The zero-order valence-corrected chi connectivity index (χ0v) is 13.7. The van der Waals surface area contributed by atoms with Crippen molar-refractivity contribution in [3.05, 3.63) is 53.6 Å². The van der Waals surface area contributed by atoms with Crippen molar-refractivity contribution in [3.63, 3.8) is 0 Å². The molecule has 0 aliphatic heterocycles. The van der Waals surface area contributed by atoms with Gasteiger partial charge in [0.15, 0.2) is 11.5 Å². The molecular weight excluding hydrogens is 310 g/mol. The largest absolute Gasteiger partial charge is 0.504 e. The average molecular weight is 329 g/mol. The van der Waals surface area contributed by atoms with Crippen LogP contribution in [-0.2, 0) is 0 Å². The van der Waals surface area contributed by atoms with Crippen LogP contribution in [0.3, 0.4) is 0 Å². The Hall–Kier alpha value is -3.15. The van der Waals surface area contributed by atoms with Gasteiger partial charge in [0.25, 0.3) is 0 Å². The molecule has 2 aromatic carbocycles. The normalized spacial score (nSPS) is 11.5. The molecule has 6 nitrogen and oxygen atoms in total. The van der Waals surface area contributed by atoms with Gasteiger partial charge in [-0.3, -0.25) is 0 Å². The fourth-order valence-corrected chi connectivity index (χ4v) is 2.13. The molecule has 0 saturated heterocycles. The third kappa shape index (κ3) is 3.98. The summed E-state index contributed by atoms with van der Waals surface area (Å²) in [6.45, 7) is 0. The van der Waals surface area contributed by atoms with Crippen molar-refractivity contribution in [1.29, 1.82) is 0 Å². The Labute approximate surface area is 140 Å². The summed E-state index contributed by atoms with van der Waals surface area (Å²) in [6.07, 6.45) is 3.33. The first-order valence-electron chi connectivity index (χ1n) is 7.12. The number of allylic oxidation sites excluding steroid dienone is 1. The molecule has 0 amide bonds. The van der Waals surface area contributed by atoms with E-state index < -0.39 is 0 Å². The van der Waals surface area contributed by atoms with E-state index in [1.165, 1.54) is 7.11 Å². The van der Waals surface area contributed by atoms with Crippen molar-refractivity contribution >= 4 is 11.8 Å². The molecule has 0 bridgehead atoms. The number of methoxy groups -OCH3 is 3. The van der Waals surface area contributed by atoms with Crippen LogP contribution in [0.5, 0.6) is 23.0 Å². The SMILES string of the molecule is COc1cc(OC)cc(C(/C=C/c2ccc(OC)c(O)c2)=NO)c1. The molecule has 0 heterocycles. The first kappa shape index (κ1) is 17.2. The van der Waals surface area contributed by atoms with Gasteiger partial charge in [-0.05, 0) is 35.9 Å². The Morgan fingerprint density at radius 1 is 0.958 bits per heavy atom. The van der Waals surface area contributed by atoms with Crippen LogP contribution in [0.4, 0.5) is 0 Å². The summed E-state index contributed by atoms with van der Waals surface area (Å²) in [4.78, 5) is 0. The number of rotatable bonds is 6. The summed E-state index contributed by atoms with van der Waals surface area (Å²) < 4.78 is 15.4. The van der Waals surface area contributed by atoms with Gasteiger partial charge in [0.1, 0.15) is 17.2 Å². The van der Waals surface area contributed by atoms with Crippen LogP contribution in [0.15, 0.2) is 47.6 Å². The van der Waals surface area contributed by atoms with Gasteiger partial charge in [-0.2, -0.15) is 0 Å². The monoisotopic (exact) mass is 329 g/mol. The number of hydrogen-bond donors (Lipinski definition) is 2. The maximum atomic E-state index is 9.80. The second-order valence-corrected chi connectivity index (χ2v) is 4.85. The molecule has 0 spiro atoms. The van der Waals surface area contributed by atoms with Gasteiger partial charge in [0, 0.05) is 11.6 Å². The van der Waals surface area contributed by atoms with Gasteiger partial charge in [0.05, 0.1) is 21.3 Å². The molecule has 0 fully saturated rings. The van der Waals surface area contributed by atoms with E-state index in [0.717, 1.165) is 5.56 Å². The predicted molar refractivity (Wildman–Crippen MR) is 91.6 cm³/mol. The quantitative estimate of drug-likeness (QED) is 0.483. The zero-order chi connectivity index (χ0) is 17.5. The van der Waals surface area contributed by atoms with E-state index in [4.69, 9.17) is 14.2 Å². The van der Waals surface area contributed by atoms with E-state index in [-0.39, 0.29) is 5.75 Å². The van der Waals surface area contributed by atoms with Gasteiger partial charge in [-0.15, -0.1) is 0 Å². The van der Waals surface area contributed by atoms with E-state index in [0.29, 0.717) is 28.5 Å². The lowest BCUT2D eigenvalue weighted by molar-refractivity contribution is 0.320. The third-order valence-electron chi connectivity index (χ3n) is 3.39. The second kappa shape index (κ2) is 7.92. The molecule has 0 aliphatic rings. The number of benzene rings is 2. The molecule has 0 radical (unpaired) electrons. The summed E-state index contributed by atoms with van der Waals surface area (Å²) >= 11 is 0. The Bertz CT molecular complexity index is 746. The second-order valence-electron chi connectivity index (χ2n) is 4.85. The summed E-state index contributed by atoms with van der Waals surface area (Å²) in [5.74, 6) is 1.59. The lowest BCUT2D eigenvalue weighted by atomic mass is 10.1. The topological polar surface area (TPSA) is 80.5 Å². The van der Waals surface area contributed by atoms with E-state index in [9.17, 15) is 10.3 Å². The molecule has 0 unspecified atom stereocenters. The van der Waals surface area contributed by atoms with Gasteiger partial charge in [-0.25, -0.2) is 0 Å². The van der Waals surface area contributed by atoms with Crippen molar-refractivity contribution < 1.29 is 24.5 Å². The van der Waals surface area contributed by atoms with Crippen LogP contribution in [0, 0.1) is 0 Å². The van der Waals surface area contributed by atoms with E-state index in [2.05, 4.69) is 5.16 Å². The van der Waals surface area contributed by atoms with Crippen LogP contribution in [0.1, 0.15) is 11.1 Å². The molecule has 126 valence electrons. The standard InChI is InChI=1S/C18H19NO5/c1-22-14-9-13(10-15(11-14)23-2)16(19-21)6-4-12-5-7-18(24-3)17(20)8-12/h4-11,20-21H,1-3H3/b6-4+,19-16?. The minimum absolute atomic E-state index is 0.0326. The minimum atomic E-state index is 0.0326. The molecule has 2 aromatic rings. The van der Waals surface area contributed by atoms with Crippen molar-refractivity contribution in [1.82, 2.24) is 0 Å². The summed E-state index contributed by atoms with van der Waals surface area (Å²) in [5.41, 5.74) is 1.68. The Kier molecular flexibility index (Phi) is 5.68. The minimum Gasteiger partial charge on any atom is -0.504 e. The Balaban J connectivity index is 2.31. The molecule has 24 heavy (non-hydrogen) atoms. The molecule has 0 saturated carbocycles. The van der Waals surface area contributed by atoms with Crippen LogP contribution in [0.2, 0.25) is 0 Å². The van der Waals surface area contributed by atoms with Crippen LogP contribution in [0.25, 0.3) is 6.08 Å². The highest BCUT2D eigenvalue weighted by Crippen LogP contribution is 2.27. The first-order valence-corrected chi connectivity index (χ1v) is 7.12. The number of oxime groups is 1. The lowest BCUT2D eigenvalue weighted by Gasteiger charge is -2.08. The van der Waals surface area contributed by atoms with Gasteiger partial charge < -0.3 is 24.5 Å². The highest BCUT2D eigenvalue weighted by molar-refractivity contribution is 6.10. The number of nitrogens with zero attached hydrogens (tertiary/aromatic N) is 1. The third-order valence-corrected chi connectivity index (χ3v) is 3.39. The fraction of sp³-hybridized carbons (Fsp3) is 0.167. The zero-order valence-electron chi connectivity index (χ0n) is 13.7. The van der Waals surface area contributed by atoms with Gasteiger partial charge >= 0.3 is 0 Å². The molecular formula is C18H19NO5. The van der Waals surface area contributed by atoms with E-state index in [1.807, 2.05) is 0 Å². The number of ether oxygens (including phenoxy) is 3. The molecule has 0 atom stereocenters. The molecule has 0 aliphatic carbocycles.